The van der Waals surface area contributed by atoms with Gasteiger partial charge in [0, 0.05) is 6.42 Å². The lowest BCUT2D eigenvalue weighted by molar-refractivity contribution is -0.132. The normalized spacial score (nSPS) is 20.0. The molecule has 2 amide bonds. The van der Waals surface area contributed by atoms with Gasteiger partial charge in [0.05, 0.1) is 23.6 Å². The van der Waals surface area contributed by atoms with E-state index in [4.69, 9.17) is 14.2 Å². The summed E-state index contributed by atoms with van der Waals surface area (Å²) in [5, 5.41) is 0. The molecule has 0 N–H and O–H groups in total. The first kappa shape index (κ1) is 18.4. The van der Waals surface area contributed by atoms with Crippen molar-refractivity contribution in [1.82, 2.24) is 4.90 Å². The Balaban J connectivity index is 1.39. The summed E-state index contributed by atoms with van der Waals surface area (Å²) in [6.45, 7) is 0.329. The Morgan fingerprint density at radius 2 is 1.83 bits per heavy atom. The second kappa shape index (κ2) is 6.98. The van der Waals surface area contributed by atoms with Crippen LogP contribution in [0.15, 0.2) is 36.4 Å². The number of hydrogen-bond donors (Lipinski definition) is 0. The molecule has 0 saturated heterocycles. The number of hydrogen-bond acceptors (Lipinski definition) is 7. The van der Waals surface area contributed by atoms with Crippen LogP contribution in [0.2, 0.25) is 0 Å². The molecule has 3 aliphatic rings. The first-order chi connectivity index (χ1) is 14.5. The molecule has 2 aliphatic heterocycles. The molecule has 5 rings (SSSR count). The number of rotatable bonds is 4. The predicted octanol–water partition coefficient (Wildman–Crippen LogP) is 2.28. The van der Waals surface area contributed by atoms with Crippen LogP contribution in [-0.2, 0) is 16.2 Å². The molecule has 2 aromatic carbocycles. The Hall–Kier alpha value is -3.68. The quantitative estimate of drug-likeness (QED) is 0.566. The van der Waals surface area contributed by atoms with Crippen LogP contribution in [-0.4, -0.2) is 41.1 Å². The number of fused-ring (bicyclic) bond motifs is 2. The van der Waals surface area contributed by atoms with Gasteiger partial charge in [-0.2, -0.15) is 0 Å². The van der Waals surface area contributed by atoms with Crippen LogP contribution in [0.3, 0.4) is 0 Å². The third-order valence-electron chi connectivity index (χ3n) is 5.49. The zero-order chi connectivity index (χ0) is 20.8. The largest absolute Gasteiger partial charge is 0.488 e. The summed E-state index contributed by atoms with van der Waals surface area (Å²) in [6, 6.07) is 9.29. The molecule has 30 heavy (non-hydrogen) atoms. The maximum Gasteiger partial charge on any atom is 0.266 e. The number of carbonyl (C=O) groups excluding carboxylic acids is 4. The monoisotopic (exact) mass is 407 g/mol. The molecule has 1 atom stereocenters. The first-order valence-corrected chi connectivity index (χ1v) is 9.59. The van der Waals surface area contributed by atoms with Crippen LogP contribution in [0.5, 0.6) is 17.2 Å². The van der Waals surface area contributed by atoms with Crippen LogP contribution in [0.4, 0.5) is 0 Å². The average Bonchev–Trinajstić information content (AvgIpc) is 3.30. The second-order valence-electron chi connectivity index (χ2n) is 7.37. The van der Waals surface area contributed by atoms with E-state index in [0.717, 1.165) is 10.5 Å². The van der Waals surface area contributed by atoms with Crippen LogP contribution >= 0.6 is 0 Å². The van der Waals surface area contributed by atoms with Crippen molar-refractivity contribution in [2.75, 3.05) is 6.79 Å². The maximum absolute atomic E-state index is 13.1. The highest BCUT2D eigenvalue weighted by Crippen LogP contribution is 2.36. The molecule has 8 nitrogen and oxygen atoms in total. The Labute approximate surface area is 171 Å². The molecule has 0 aromatic heterocycles. The van der Waals surface area contributed by atoms with Gasteiger partial charge in [0.25, 0.3) is 11.8 Å². The lowest BCUT2D eigenvalue weighted by atomic mass is 9.92. The fourth-order valence-corrected chi connectivity index (χ4v) is 4.00. The van der Waals surface area contributed by atoms with Crippen molar-refractivity contribution in [3.63, 3.8) is 0 Å². The van der Waals surface area contributed by atoms with Crippen LogP contribution in [0, 0.1) is 0 Å². The minimum atomic E-state index is -0.906. The Morgan fingerprint density at radius 3 is 2.67 bits per heavy atom. The molecule has 1 unspecified atom stereocenters. The highest BCUT2D eigenvalue weighted by Gasteiger charge is 2.45. The average molecular weight is 407 g/mol. The van der Waals surface area contributed by atoms with Crippen molar-refractivity contribution in [2.24, 2.45) is 0 Å². The van der Waals surface area contributed by atoms with E-state index in [1.165, 1.54) is 0 Å². The fraction of sp³-hybridized carbons (Fsp3) is 0.273. The fourth-order valence-electron chi connectivity index (χ4n) is 4.00. The molecule has 1 saturated carbocycles. The van der Waals surface area contributed by atoms with E-state index in [1.807, 2.05) is 6.07 Å². The van der Waals surface area contributed by atoms with E-state index >= 15 is 0 Å². The van der Waals surface area contributed by atoms with Gasteiger partial charge >= 0.3 is 0 Å². The molecule has 2 aromatic rings. The number of benzene rings is 2. The van der Waals surface area contributed by atoms with Crippen molar-refractivity contribution in [3.05, 3.63) is 53.1 Å². The SMILES string of the molecule is O=C1CCC(N2C(=O)c3cccc(OCc4ccc5c(c4)OCO5)c3C2=O)C(=O)C1. The van der Waals surface area contributed by atoms with Crippen molar-refractivity contribution in [2.45, 2.75) is 31.9 Å². The van der Waals surface area contributed by atoms with Crippen molar-refractivity contribution in [3.8, 4) is 17.2 Å². The van der Waals surface area contributed by atoms with Crippen molar-refractivity contribution in [1.29, 1.82) is 0 Å². The lowest BCUT2D eigenvalue weighted by Gasteiger charge is -2.27. The van der Waals surface area contributed by atoms with Gasteiger partial charge in [-0.15, -0.1) is 0 Å². The summed E-state index contributed by atoms with van der Waals surface area (Å²) in [5.74, 6) is -0.113. The van der Waals surface area contributed by atoms with E-state index in [2.05, 4.69) is 0 Å². The summed E-state index contributed by atoms with van der Waals surface area (Å²) in [6.07, 6.45) is 0.0966. The van der Waals surface area contributed by atoms with Crippen LogP contribution in [0.25, 0.3) is 0 Å². The zero-order valence-corrected chi connectivity index (χ0v) is 15.9. The number of amides is 2. The van der Waals surface area contributed by atoms with E-state index in [0.29, 0.717) is 11.5 Å². The minimum Gasteiger partial charge on any atom is -0.488 e. The van der Waals surface area contributed by atoms with Crippen molar-refractivity contribution >= 4 is 23.4 Å². The van der Waals surface area contributed by atoms with Gasteiger partial charge in [0.15, 0.2) is 17.3 Å². The number of Topliss-reactive ketones (excluding diaryl/α,β-unsaturated/α-hetero) is 2. The lowest BCUT2D eigenvalue weighted by Crippen LogP contribution is -2.47. The molecule has 152 valence electrons. The van der Waals surface area contributed by atoms with Crippen LogP contribution < -0.4 is 14.2 Å². The number of nitrogens with zero attached hydrogens (tertiary/aromatic N) is 1. The highest BCUT2D eigenvalue weighted by atomic mass is 16.7. The first-order valence-electron chi connectivity index (χ1n) is 9.59. The number of imide groups is 1. The van der Waals surface area contributed by atoms with Gasteiger partial charge in [-0.25, -0.2) is 0 Å². The van der Waals surface area contributed by atoms with Gasteiger partial charge < -0.3 is 14.2 Å². The Kier molecular flexibility index (Phi) is 4.27. The standard InChI is InChI=1S/C22H17NO7/c24-13-5-6-15(16(25)9-13)23-21(26)14-2-1-3-18(20(14)22(23)27)28-10-12-4-7-17-19(8-12)30-11-29-17/h1-4,7-8,15H,5-6,9-11H2. The number of ether oxygens (including phenoxy) is 3. The van der Waals surface area contributed by atoms with E-state index in [9.17, 15) is 19.2 Å². The van der Waals surface area contributed by atoms with Gasteiger partial charge in [-0.3, -0.25) is 24.1 Å². The summed E-state index contributed by atoms with van der Waals surface area (Å²) in [5.41, 5.74) is 1.16. The van der Waals surface area contributed by atoms with E-state index < -0.39 is 23.6 Å². The third-order valence-corrected chi connectivity index (χ3v) is 5.49. The third kappa shape index (κ3) is 2.92. The number of carbonyl (C=O) groups is 4. The Morgan fingerprint density at radius 1 is 1.00 bits per heavy atom. The predicted molar refractivity (Wildman–Crippen MR) is 101 cm³/mol. The van der Waals surface area contributed by atoms with E-state index in [-0.39, 0.29) is 55.3 Å². The topological polar surface area (TPSA) is 99.2 Å². The molecule has 0 spiro atoms. The summed E-state index contributed by atoms with van der Waals surface area (Å²) >= 11 is 0. The molecule has 0 bridgehead atoms. The molecular formula is C22H17NO7. The van der Waals surface area contributed by atoms with Gasteiger partial charge in [-0.05, 0) is 36.2 Å². The Bertz CT molecular complexity index is 1110. The summed E-state index contributed by atoms with van der Waals surface area (Å²) < 4.78 is 16.5. The summed E-state index contributed by atoms with van der Waals surface area (Å²) in [7, 11) is 0. The van der Waals surface area contributed by atoms with Crippen molar-refractivity contribution < 1.29 is 33.4 Å². The molecule has 0 radical (unpaired) electrons. The highest BCUT2D eigenvalue weighted by molar-refractivity contribution is 6.24. The molecule has 1 fully saturated rings. The molecule has 2 heterocycles. The molecule has 1 aliphatic carbocycles. The number of ketones is 2. The van der Waals surface area contributed by atoms with E-state index in [1.54, 1.807) is 30.3 Å². The van der Waals surface area contributed by atoms with Gasteiger partial charge in [0.1, 0.15) is 18.1 Å². The molecule has 8 heteroatoms. The van der Waals surface area contributed by atoms with Gasteiger partial charge in [0.2, 0.25) is 6.79 Å². The summed E-state index contributed by atoms with van der Waals surface area (Å²) in [4.78, 5) is 50.7. The second-order valence-corrected chi connectivity index (χ2v) is 7.37. The maximum atomic E-state index is 13.1. The van der Waals surface area contributed by atoms with Crippen LogP contribution in [0.1, 0.15) is 45.5 Å². The minimum absolute atomic E-state index is 0.146. The van der Waals surface area contributed by atoms with Gasteiger partial charge in [-0.1, -0.05) is 12.1 Å². The molecular weight excluding hydrogens is 390 g/mol. The smallest absolute Gasteiger partial charge is 0.266 e. The zero-order valence-electron chi connectivity index (χ0n) is 15.9.